The van der Waals surface area contributed by atoms with E-state index in [9.17, 15) is 52.7 Å². The molecule has 0 amide bonds. The van der Waals surface area contributed by atoms with Gasteiger partial charge in [-0.2, -0.15) is 43.9 Å². The van der Waals surface area contributed by atoms with Crippen molar-refractivity contribution < 1.29 is 72.0 Å². The molecule has 0 bridgehead atoms. The molecule has 16 heteroatoms. The first-order chi connectivity index (χ1) is 13.4. The zero-order valence-corrected chi connectivity index (χ0v) is 13.9. The summed E-state index contributed by atoms with van der Waals surface area (Å²) in [5.74, 6) is -11.4. The largest absolute Gasteiger partial charge is 0.478 e. The van der Waals surface area contributed by atoms with E-state index in [1.54, 1.807) is 0 Å². The molecule has 0 aliphatic carbocycles. The second-order valence-electron chi connectivity index (χ2n) is 5.16. The summed E-state index contributed by atoms with van der Waals surface area (Å²) in [6.45, 7) is -2.47. The number of hydrogen-bond donors (Lipinski definition) is 1. The van der Waals surface area contributed by atoms with Gasteiger partial charge in [0, 0.05) is 0 Å². The van der Waals surface area contributed by atoms with E-state index in [0.29, 0.717) is 6.08 Å². The molecule has 0 aliphatic rings. The van der Waals surface area contributed by atoms with Crippen LogP contribution in [-0.2, 0) is 9.47 Å². The van der Waals surface area contributed by atoms with Gasteiger partial charge in [0.1, 0.15) is 6.61 Å². The number of halogens is 12. The van der Waals surface area contributed by atoms with Crippen LogP contribution in [0.5, 0.6) is 5.75 Å². The normalized spacial score (nSPS) is 13.5. The van der Waals surface area contributed by atoms with Crippen LogP contribution in [-0.4, -0.2) is 42.8 Å². The molecule has 0 heterocycles. The Labute approximate surface area is 158 Å². The highest BCUT2D eigenvalue weighted by Gasteiger charge is 2.67. The zero-order chi connectivity index (χ0) is 23.7. The number of alkyl halides is 8. The maximum Gasteiger partial charge on any atom is 0.453 e. The minimum Gasteiger partial charge on any atom is -0.478 e. The van der Waals surface area contributed by atoms with E-state index >= 15 is 0 Å². The van der Waals surface area contributed by atoms with E-state index in [4.69, 9.17) is 5.11 Å². The number of benzene rings is 1. The summed E-state index contributed by atoms with van der Waals surface area (Å²) in [4.78, 5) is 0. The molecule has 0 saturated heterocycles. The number of rotatable bonds is 10. The fourth-order valence-electron chi connectivity index (χ4n) is 1.65. The van der Waals surface area contributed by atoms with Gasteiger partial charge in [0.25, 0.3) is 0 Å². The lowest BCUT2D eigenvalue weighted by Gasteiger charge is -2.30. The standard InChI is InChI=1S/C14H8F12O4/c1-2-5-6(15)8(17)10(9(18)7(5)16)28-4-12(21,22)30-14(25,26)13(23,24)29-11(19,20)3-27/h2,27H,1,3-4H2. The molecule has 1 aromatic rings. The van der Waals surface area contributed by atoms with Crippen LogP contribution in [0.1, 0.15) is 5.56 Å². The molecule has 1 N–H and O–H groups in total. The lowest BCUT2D eigenvalue weighted by molar-refractivity contribution is -0.515. The Hall–Kier alpha value is -2.20. The van der Waals surface area contributed by atoms with Gasteiger partial charge in [0.05, 0.1) is 5.56 Å². The predicted molar refractivity (Wildman–Crippen MR) is 70.9 cm³/mol. The Balaban J connectivity index is 3.07. The third-order valence-electron chi connectivity index (χ3n) is 2.92. The molecule has 0 atom stereocenters. The van der Waals surface area contributed by atoms with Gasteiger partial charge in [-0.15, -0.1) is 0 Å². The highest BCUT2D eigenvalue weighted by Crippen LogP contribution is 2.43. The highest BCUT2D eigenvalue weighted by molar-refractivity contribution is 5.51. The molecule has 1 aromatic carbocycles. The van der Waals surface area contributed by atoms with Crippen molar-refractivity contribution in [1.29, 1.82) is 0 Å². The Morgan fingerprint density at radius 3 is 1.50 bits per heavy atom. The molecule has 172 valence electrons. The smallest absolute Gasteiger partial charge is 0.453 e. The number of hydrogen-bond acceptors (Lipinski definition) is 4. The van der Waals surface area contributed by atoms with Gasteiger partial charge in [-0.25, -0.2) is 18.3 Å². The first-order valence-electron chi connectivity index (χ1n) is 7.05. The number of aliphatic hydroxyl groups is 1. The van der Waals surface area contributed by atoms with Crippen molar-refractivity contribution in [3.8, 4) is 5.75 Å². The van der Waals surface area contributed by atoms with Crippen LogP contribution in [0, 0.1) is 23.3 Å². The lowest BCUT2D eigenvalue weighted by Crippen LogP contribution is -2.53. The molecule has 30 heavy (non-hydrogen) atoms. The van der Waals surface area contributed by atoms with Crippen LogP contribution >= 0.6 is 0 Å². The Morgan fingerprint density at radius 1 is 0.733 bits per heavy atom. The summed E-state index contributed by atoms with van der Waals surface area (Å²) in [7, 11) is 0. The molecule has 0 unspecified atom stereocenters. The lowest BCUT2D eigenvalue weighted by atomic mass is 10.1. The fourth-order valence-corrected chi connectivity index (χ4v) is 1.65. The van der Waals surface area contributed by atoms with Gasteiger partial charge in [0.2, 0.25) is 11.6 Å². The van der Waals surface area contributed by atoms with E-state index in [2.05, 4.69) is 20.8 Å². The molecule has 4 nitrogen and oxygen atoms in total. The second kappa shape index (κ2) is 8.50. The molecule has 0 saturated carbocycles. The summed E-state index contributed by atoms with van der Waals surface area (Å²) in [6.07, 6.45) is -23.6. The van der Waals surface area contributed by atoms with Gasteiger partial charge in [-0.05, 0) is 0 Å². The summed E-state index contributed by atoms with van der Waals surface area (Å²) in [6, 6.07) is 0. The maximum absolute atomic E-state index is 13.6. The van der Waals surface area contributed by atoms with E-state index in [-0.39, 0.29) is 0 Å². The highest BCUT2D eigenvalue weighted by atomic mass is 19.3. The minimum atomic E-state index is -6.52. The van der Waals surface area contributed by atoms with Crippen molar-refractivity contribution in [3.63, 3.8) is 0 Å². The van der Waals surface area contributed by atoms with E-state index in [1.807, 2.05) is 0 Å². The molecule has 0 fully saturated rings. The minimum absolute atomic E-state index is 0.295. The molecule has 0 spiro atoms. The van der Waals surface area contributed by atoms with Crippen LogP contribution in [0.4, 0.5) is 52.7 Å². The first-order valence-corrected chi connectivity index (χ1v) is 7.05. The summed E-state index contributed by atoms with van der Waals surface area (Å²) < 4.78 is 166. The molecule has 0 radical (unpaired) electrons. The molecule has 0 aliphatic heterocycles. The third kappa shape index (κ3) is 5.48. The Bertz CT molecular complexity index is 767. The van der Waals surface area contributed by atoms with Crippen LogP contribution in [0.25, 0.3) is 6.08 Å². The maximum atomic E-state index is 13.6. The molecular formula is C14H8F12O4. The summed E-state index contributed by atoms with van der Waals surface area (Å²) >= 11 is 0. The van der Waals surface area contributed by atoms with Crippen molar-refractivity contribution in [2.45, 2.75) is 24.4 Å². The predicted octanol–water partition coefficient (Wildman–Crippen LogP) is 4.66. The fraction of sp³-hybridized carbons (Fsp3) is 0.429. The van der Waals surface area contributed by atoms with Gasteiger partial charge < -0.3 is 9.84 Å². The van der Waals surface area contributed by atoms with Crippen molar-refractivity contribution >= 4 is 6.08 Å². The van der Waals surface area contributed by atoms with Gasteiger partial charge in [-0.3, -0.25) is 0 Å². The van der Waals surface area contributed by atoms with Crippen molar-refractivity contribution in [1.82, 2.24) is 0 Å². The van der Waals surface area contributed by atoms with Gasteiger partial charge in [0.15, 0.2) is 24.0 Å². The summed E-state index contributed by atoms with van der Waals surface area (Å²) in [5.41, 5.74) is -1.38. The monoisotopic (exact) mass is 468 g/mol. The van der Waals surface area contributed by atoms with Gasteiger partial charge in [-0.1, -0.05) is 12.7 Å². The van der Waals surface area contributed by atoms with Crippen LogP contribution < -0.4 is 4.74 Å². The zero-order valence-electron chi connectivity index (χ0n) is 13.9. The van der Waals surface area contributed by atoms with Crippen LogP contribution in [0.2, 0.25) is 0 Å². The van der Waals surface area contributed by atoms with E-state index < -0.39 is 72.2 Å². The number of aliphatic hydroxyl groups excluding tert-OH is 1. The average molecular weight is 468 g/mol. The van der Waals surface area contributed by atoms with Crippen LogP contribution in [0.3, 0.4) is 0 Å². The number of ether oxygens (including phenoxy) is 3. The van der Waals surface area contributed by atoms with E-state index in [1.165, 1.54) is 0 Å². The molecule has 0 aromatic heterocycles. The quantitative estimate of drug-likeness (QED) is 0.401. The third-order valence-corrected chi connectivity index (χ3v) is 2.92. The Kier molecular flexibility index (Phi) is 7.32. The van der Waals surface area contributed by atoms with Crippen LogP contribution in [0.15, 0.2) is 6.58 Å². The molecular weight excluding hydrogens is 460 g/mol. The topological polar surface area (TPSA) is 47.9 Å². The Morgan fingerprint density at radius 2 is 1.13 bits per heavy atom. The van der Waals surface area contributed by atoms with E-state index in [0.717, 1.165) is 0 Å². The average Bonchev–Trinajstić information content (AvgIpc) is 2.58. The van der Waals surface area contributed by atoms with Crippen molar-refractivity contribution in [2.75, 3.05) is 13.2 Å². The first kappa shape index (κ1) is 25.8. The summed E-state index contributed by atoms with van der Waals surface area (Å²) in [5, 5.41) is 8.00. The molecule has 1 rings (SSSR count). The SMILES string of the molecule is C=Cc1c(F)c(F)c(OCC(F)(F)OC(F)(F)C(F)(F)OC(F)(F)CO)c(F)c1F. The second-order valence-corrected chi connectivity index (χ2v) is 5.16. The van der Waals surface area contributed by atoms with Gasteiger partial charge >= 0.3 is 24.4 Å². The van der Waals surface area contributed by atoms with Crippen molar-refractivity contribution in [2.24, 2.45) is 0 Å². The van der Waals surface area contributed by atoms with Crippen molar-refractivity contribution in [3.05, 3.63) is 35.4 Å².